The normalized spacial score (nSPS) is 10.7. The Hall–Kier alpha value is -2.64. The molecule has 0 aliphatic heterocycles. The van der Waals surface area contributed by atoms with Crippen molar-refractivity contribution < 1.29 is 18.6 Å². The van der Waals surface area contributed by atoms with Gasteiger partial charge in [-0.05, 0) is 6.42 Å². The highest BCUT2D eigenvalue weighted by Crippen LogP contribution is 2.32. The van der Waals surface area contributed by atoms with Crippen LogP contribution in [0.2, 0.25) is 0 Å². The van der Waals surface area contributed by atoms with E-state index in [-0.39, 0.29) is 17.1 Å². The van der Waals surface area contributed by atoms with Crippen LogP contribution in [0.15, 0.2) is 9.05 Å². The van der Waals surface area contributed by atoms with Gasteiger partial charge in [0, 0.05) is 12.0 Å². The van der Waals surface area contributed by atoms with Crippen LogP contribution in [0.1, 0.15) is 46.1 Å². The van der Waals surface area contributed by atoms with Crippen LogP contribution in [0.25, 0.3) is 11.3 Å². The molecule has 0 saturated heterocycles. The van der Waals surface area contributed by atoms with Gasteiger partial charge >= 0.3 is 0 Å². The summed E-state index contributed by atoms with van der Waals surface area (Å²) in [6.45, 7) is 3.64. The highest BCUT2D eigenvalue weighted by atomic mass is 16.5. The number of nitrogens with zero attached hydrogens (tertiary/aromatic N) is 2. The maximum Gasteiger partial charge on any atom is 0.271 e. The molecule has 0 aliphatic rings. The number of nitrogens with two attached hydrogens (primary N) is 2. The third kappa shape index (κ3) is 2.04. The third-order valence-corrected chi connectivity index (χ3v) is 2.92. The Morgan fingerprint density at radius 1 is 1.00 bits per heavy atom. The van der Waals surface area contributed by atoms with E-state index in [0.717, 1.165) is 0 Å². The monoisotopic (exact) mass is 278 g/mol. The van der Waals surface area contributed by atoms with Gasteiger partial charge in [-0.3, -0.25) is 9.59 Å². The lowest BCUT2D eigenvalue weighted by Crippen LogP contribution is -2.14. The van der Waals surface area contributed by atoms with Crippen LogP contribution in [0.5, 0.6) is 0 Å². The first kappa shape index (κ1) is 13.8. The van der Waals surface area contributed by atoms with Gasteiger partial charge in [0.15, 0.2) is 17.1 Å². The van der Waals surface area contributed by atoms with Crippen molar-refractivity contribution in [1.82, 2.24) is 10.3 Å². The van der Waals surface area contributed by atoms with Gasteiger partial charge in [-0.2, -0.15) is 0 Å². The number of aromatic nitrogens is 2. The van der Waals surface area contributed by atoms with Crippen molar-refractivity contribution in [2.75, 3.05) is 0 Å². The molecule has 4 N–H and O–H groups in total. The maximum absolute atomic E-state index is 11.4. The summed E-state index contributed by atoms with van der Waals surface area (Å²) >= 11 is 0. The minimum absolute atomic E-state index is 0.0289. The fraction of sp³-hybridized carbons (Fsp3) is 0.333. The summed E-state index contributed by atoms with van der Waals surface area (Å²) in [4.78, 5) is 22.7. The summed E-state index contributed by atoms with van der Waals surface area (Å²) in [5.74, 6) is -0.775. The van der Waals surface area contributed by atoms with Crippen molar-refractivity contribution in [3.05, 3.63) is 22.7 Å². The molecule has 2 aromatic rings. The lowest BCUT2D eigenvalue weighted by atomic mass is 10.0. The fourth-order valence-electron chi connectivity index (χ4n) is 2.00. The van der Waals surface area contributed by atoms with E-state index in [0.29, 0.717) is 29.7 Å². The van der Waals surface area contributed by atoms with Gasteiger partial charge in [-0.25, -0.2) is 0 Å². The molecular formula is C12H14N4O4. The van der Waals surface area contributed by atoms with E-state index in [9.17, 15) is 9.59 Å². The minimum Gasteiger partial charge on any atom is -0.364 e. The lowest BCUT2D eigenvalue weighted by Gasteiger charge is -2.00. The molecule has 0 spiro atoms. The molecule has 0 fully saturated rings. The van der Waals surface area contributed by atoms with Gasteiger partial charge in [0.25, 0.3) is 11.8 Å². The molecule has 0 radical (unpaired) electrons. The van der Waals surface area contributed by atoms with Crippen LogP contribution in [0.4, 0.5) is 0 Å². The highest BCUT2D eigenvalue weighted by Gasteiger charge is 2.28. The second-order valence-electron chi connectivity index (χ2n) is 4.10. The Bertz CT molecular complexity index is 671. The van der Waals surface area contributed by atoms with E-state index in [4.69, 9.17) is 20.5 Å². The van der Waals surface area contributed by atoms with Crippen LogP contribution in [-0.2, 0) is 12.8 Å². The molecule has 0 aliphatic carbocycles. The Morgan fingerprint density at radius 2 is 1.60 bits per heavy atom. The van der Waals surface area contributed by atoms with Crippen molar-refractivity contribution in [2.24, 2.45) is 11.5 Å². The van der Waals surface area contributed by atoms with E-state index in [1.165, 1.54) is 0 Å². The topological polar surface area (TPSA) is 138 Å². The van der Waals surface area contributed by atoms with E-state index < -0.39 is 11.8 Å². The predicted molar refractivity (Wildman–Crippen MR) is 67.8 cm³/mol. The molecule has 0 bridgehead atoms. The van der Waals surface area contributed by atoms with E-state index in [2.05, 4.69) is 10.3 Å². The zero-order chi connectivity index (χ0) is 14.9. The second kappa shape index (κ2) is 5.16. The van der Waals surface area contributed by atoms with Crippen LogP contribution in [-0.4, -0.2) is 22.1 Å². The summed E-state index contributed by atoms with van der Waals surface area (Å²) in [7, 11) is 0. The van der Waals surface area contributed by atoms with Gasteiger partial charge in [0.05, 0.1) is 5.56 Å². The summed E-state index contributed by atoms with van der Waals surface area (Å²) < 4.78 is 10.2. The Kier molecular flexibility index (Phi) is 3.55. The number of primary amides is 2. The van der Waals surface area contributed by atoms with Gasteiger partial charge in [-0.15, -0.1) is 0 Å². The molecule has 8 nitrogen and oxygen atoms in total. The molecule has 0 unspecified atom stereocenters. The zero-order valence-electron chi connectivity index (χ0n) is 11.1. The molecule has 106 valence electrons. The molecule has 0 saturated carbocycles. The van der Waals surface area contributed by atoms with E-state index in [1.807, 2.05) is 13.8 Å². The standard InChI is InChI=1S/C12H14N4O4/c1-3-5-8(11(13)17)15-20-10(5)7-6(4-2)19-16-9(7)12(14)18/h3-4H2,1-2H3,(H2,13,17)(H2,14,18). The van der Waals surface area contributed by atoms with Crippen LogP contribution < -0.4 is 11.5 Å². The van der Waals surface area contributed by atoms with Crippen LogP contribution in [0.3, 0.4) is 0 Å². The Morgan fingerprint density at radius 3 is 2.10 bits per heavy atom. The highest BCUT2D eigenvalue weighted by molar-refractivity contribution is 5.99. The number of rotatable bonds is 5. The SMILES string of the molecule is CCc1onc(C(N)=O)c1-c1onc(C(N)=O)c1CC. The average molecular weight is 278 g/mol. The molecule has 8 heteroatoms. The number of carbonyl (C=O) groups excluding carboxylic acids is 2. The molecule has 0 atom stereocenters. The van der Waals surface area contributed by atoms with Gasteiger partial charge in [-0.1, -0.05) is 24.2 Å². The van der Waals surface area contributed by atoms with Gasteiger partial charge < -0.3 is 20.5 Å². The molecule has 20 heavy (non-hydrogen) atoms. The average Bonchev–Trinajstić information content (AvgIpc) is 3.00. The summed E-state index contributed by atoms with van der Waals surface area (Å²) in [5.41, 5.74) is 11.3. The molecular weight excluding hydrogens is 264 g/mol. The van der Waals surface area contributed by atoms with Crippen molar-refractivity contribution in [2.45, 2.75) is 26.7 Å². The Balaban J connectivity index is 2.71. The smallest absolute Gasteiger partial charge is 0.271 e. The molecule has 2 heterocycles. The van der Waals surface area contributed by atoms with Crippen LogP contribution >= 0.6 is 0 Å². The maximum atomic E-state index is 11.4. The number of carbonyl (C=O) groups is 2. The largest absolute Gasteiger partial charge is 0.364 e. The predicted octanol–water partition coefficient (Wildman–Crippen LogP) is 0.652. The number of hydrogen-bond donors (Lipinski definition) is 2. The number of aryl methyl sites for hydroxylation is 1. The summed E-state index contributed by atoms with van der Waals surface area (Å²) in [6, 6.07) is 0. The number of amides is 2. The Labute approximate surface area is 114 Å². The summed E-state index contributed by atoms with van der Waals surface area (Å²) in [6.07, 6.45) is 0.926. The molecule has 0 aromatic carbocycles. The summed E-state index contributed by atoms with van der Waals surface area (Å²) in [5, 5.41) is 7.29. The minimum atomic E-state index is -0.748. The van der Waals surface area contributed by atoms with Crippen molar-refractivity contribution in [3.63, 3.8) is 0 Å². The quantitative estimate of drug-likeness (QED) is 0.823. The second-order valence-corrected chi connectivity index (χ2v) is 4.10. The number of hydrogen-bond acceptors (Lipinski definition) is 6. The van der Waals surface area contributed by atoms with Crippen molar-refractivity contribution in [3.8, 4) is 11.3 Å². The van der Waals surface area contributed by atoms with E-state index >= 15 is 0 Å². The lowest BCUT2D eigenvalue weighted by molar-refractivity contribution is 0.0982. The van der Waals surface area contributed by atoms with Crippen molar-refractivity contribution in [1.29, 1.82) is 0 Å². The van der Waals surface area contributed by atoms with Crippen LogP contribution in [0, 0.1) is 0 Å². The first-order valence-electron chi connectivity index (χ1n) is 6.08. The van der Waals surface area contributed by atoms with Gasteiger partial charge in [0.1, 0.15) is 5.76 Å². The fourth-order valence-corrected chi connectivity index (χ4v) is 2.00. The zero-order valence-corrected chi connectivity index (χ0v) is 11.1. The van der Waals surface area contributed by atoms with Crippen molar-refractivity contribution >= 4 is 11.8 Å². The first-order valence-corrected chi connectivity index (χ1v) is 6.08. The first-order chi connectivity index (χ1) is 9.51. The third-order valence-electron chi connectivity index (χ3n) is 2.92. The van der Waals surface area contributed by atoms with Gasteiger partial charge in [0.2, 0.25) is 0 Å². The molecule has 2 rings (SSSR count). The van der Waals surface area contributed by atoms with E-state index in [1.54, 1.807) is 0 Å². The molecule has 2 aromatic heterocycles. The molecule has 2 amide bonds.